The van der Waals surface area contributed by atoms with Crippen LogP contribution in [-0.4, -0.2) is 13.2 Å². The number of benzene rings is 2. The minimum Gasteiger partial charge on any atom is -0.382 e. The highest BCUT2D eigenvalue weighted by molar-refractivity contribution is 8.02. The van der Waals surface area contributed by atoms with Gasteiger partial charge in [0.1, 0.15) is 0 Å². The molecular weight excluding hydrogens is 320 g/mol. The van der Waals surface area contributed by atoms with Gasteiger partial charge in [-0.2, -0.15) is 0 Å². The van der Waals surface area contributed by atoms with Gasteiger partial charge in [0.05, 0.1) is 0 Å². The van der Waals surface area contributed by atoms with E-state index < -0.39 is 0 Å². The average molecular weight is 345 g/mol. The third-order valence-electron chi connectivity index (χ3n) is 2.89. The zero-order valence-corrected chi connectivity index (χ0v) is 15.5. The Hall–Kier alpha value is -1.42. The third kappa shape index (κ3) is 6.69. The first-order chi connectivity index (χ1) is 11.3. The summed E-state index contributed by atoms with van der Waals surface area (Å²) in [6, 6.07) is 16.8. The molecule has 0 aliphatic carbocycles. The van der Waals surface area contributed by atoms with Crippen LogP contribution in [0.4, 0.5) is 0 Å². The van der Waals surface area contributed by atoms with Crippen LogP contribution in [0.3, 0.4) is 0 Å². The van der Waals surface area contributed by atoms with Crippen LogP contribution in [0.15, 0.2) is 82.3 Å². The van der Waals surface area contributed by atoms with Crippen molar-refractivity contribution in [2.75, 3.05) is 13.2 Å². The fourth-order valence-corrected chi connectivity index (χ4v) is 3.25. The zero-order valence-electron chi connectivity index (χ0n) is 13.8. The molecule has 2 aromatic carbocycles. The second kappa shape index (κ2) is 12.1. The van der Waals surface area contributed by atoms with Crippen LogP contribution in [0.25, 0.3) is 11.1 Å². The van der Waals surface area contributed by atoms with Gasteiger partial charge in [-0.1, -0.05) is 73.1 Å². The lowest BCUT2D eigenvalue weighted by atomic mass is 10.1. The van der Waals surface area contributed by atoms with Crippen LogP contribution in [0.2, 0.25) is 0 Å². The SMILES string of the molecule is C=CSc1ccccc1-c1ccccc1SC=C.CCOCC. The summed E-state index contributed by atoms with van der Waals surface area (Å²) >= 11 is 3.30. The lowest BCUT2D eigenvalue weighted by Gasteiger charge is -2.11. The monoisotopic (exact) mass is 344 g/mol. The predicted octanol–water partition coefficient (Wildman–Crippen LogP) is 6.87. The molecule has 0 atom stereocenters. The molecule has 0 radical (unpaired) electrons. The van der Waals surface area contributed by atoms with Crippen molar-refractivity contribution in [3.63, 3.8) is 0 Å². The summed E-state index contributed by atoms with van der Waals surface area (Å²) in [5, 5.41) is 3.73. The highest BCUT2D eigenvalue weighted by Gasteiger charge is 2.08. The van der Waals surface area contributed by atoms with E-state index in [1.807, 2.05) is 24.7 Å². The molecule has 23 heavy (non-hydrogen) atoms. The summed E-state index contributed by atoms with van der Waals surface area (Å²) < 4.78 is 4.83. The van der Waals surface area contributed by atoms with Crippen LogP contribution in [0, 0.1) is 0 Å². The molecule has 0 saturated heterocycles. The van der Waals surface area contributed by atoms with Gasteiger partial charge in [-0.15, -0.1) is 0 Å². The number of hydrogen-bond donors (Lipinski definition) is 0. The molecule has 0 N–H and O–H groups in total. The van der Waals surface area contributed by atoms with E-state index in [0.29, 0.717) is 0 Å². The maximum atomic E-state index is 4.83. The highest BCUT2D eigenvalue weighted by atomic mass is 32.2. The molecule has 2 rings (SSSR count). The molecule has 0 aromatic heterocycles. The molecule has 0 spiro atoms. The fourth-order valence-electron chi connectivity index (χ4n) is 1.97. The van der Waals surface area contributed by atoms with Gasteiger partial charge in [-0.25, -0.2) is 0 Å². The van der Waals surface area contributed by atoms with Gasteiger partial charge in [0.15, 0.2) is 0 Å². The number of ether oxygens (including phenoxy) is 1. The van der Waals surface area contributed by atoms with Gasteiger partial charge in [0.2, 0.25) is 0 Å². The Bertz CT molecular complexity index is 555. The second-order valence-electron chi connectivity index (χ2n) is 4.34. The van der Waals surface area contributed by atoms with Crippen molar-refractivity contribution in [1.82, 2.24) is 0 Å². The van der Waals surface area contributed by atoms with Gasteiger partial charge < -0.3 is 4.74 Å². The fraction of sp³-hybridized carbons (Fsp3) is 0.200. The molecule has 0 fully saturated rings. The van der Waals surface area contributed by atoms with Crippen molar-refractivity contribution in [3.8, 4) is 11.1 Å². The average Bonchev–Trinajstić information content (AvgIpc) is 2.58. The van der Waals surface area contributed by atoms with Crippen molar-refractivity contribution < 1.29 is 4.74 Å². The van der Waals surface area contributed by atoms with Gasteiger partial charge in [0.25, 0.3) is 0 Å². The molecule has 3 heteroatoms. The highest BCUT2D eigenvalue weighted by Crippen LogP contribution is 2.37. The van der Waals surface area contributed by atoms with Gasteiger partial charge in [-0.3, -0.25) is 0 Å². The first-order valence-electron chi connectivity index (χ1n) is 7.59. The summed E-state index contributed by atoms with van der Waals surface area (Å²) in [5.74, 6) is 0. The lowest BCUT2D eigenvalue weighted by Crippen LogP contribution is -1.84. The Balaban J connectivity index is 0.000000463. The van der Waals surface area contributed by atoms with E-state index in [-0.39, 0.29) is 0 Å². The van der Waals surface area contributed by atoms with Crippen molar-refractivity contribution in [2.24, 2.45) is 0 Å². The van der Waals surface area contributed by atoms with Crippen molar-refractivity contribution in [3.05, 3.63) is 72.5 Å². The largest absolute Gasteiger partial charge is 0.382 e. The quantitative estimate of drug-likeness (QED) is 0.507. The molecular formula is C20H24OS2. The van der Waals surface area contributed by atoms with E-state index in [4.69, 9.17) is 4.74 Å². The Labute approximate surface area is 148 Å². The topological polar surface area (TPSA) is 9.23 Å². The van der Waals surface area contributed by atoms with Crippen molar-refractivity contribution >= 4 is 23.5 Å². The van der Waals surface area contributed by atoms with E-state index >= 15 is 0 Å². The maximum absolute atomic E-state index is 4.83. The molecule has 1 nitrogen and oxygen atoms in total. The summed E-state index contributed by atoms with van der Waals surface area (Å²) in [6.07, 6.45) is 0. The van der Waals surface area contributed by atoms with Gasteiger partial charge in [0, 0.05) is 23.0 Å². The molecule has 2 aromatic rings. The Morgan fingerprint density at radius 2 is 1.17 bits per heavy atom. The number of hydrogen-bond acceptors (Lipinski definition) is 3. The third-order valence-corrected chi connectivity index (χ3v) is 4.45. The molecule has 122 valence electrons. The maximum Gasteiger partial charge on any atom is 0.0437 e. The van der Waals surface area contributed by atoms with Crippen LogP contribution >= 0.6 is 23.5 Å². The molecule has 0 heterocycles. The predicted molar refractivity (Wildman–Crippen MR) is 106 cm³/mol. The van der Waals surface area contributed by atoms with E-state index in [1.165, 1.54) is 20.9 Å². The van der Waals surface area contributed by atoms with E-state index in [0.717, 1.165) is 13.2 Å². The van der Waals surface area contributed by atoms with Gasteiger partial charge in [-0.05, 0) is 47.9 Å². The van der Waals surface area contributed by atoms with E-state index in [9.17, 15) is 0 Å². The molecule has 0 amide bonds. The Morgan fingerprint density at radius 1 is 0.783 bits per heavy atom. The summed E-state index contributed by atoms with van der Waals surface area (Å²) in [6.45, 7) is 13.2. The summed E-state index contributed by atoms with van der Waals surface area (Å²) in [7, 11) is 0. The Morgan fingerprint density at radius 3 is 1.48 bits per heavy atom. The summed E-state index contributed by atoms with van der Waals surface area (Å²) in [4.78, 5) is 2.45. The van der Waals surface area contributed by atoms with Crippen LogP contribution in [-0.2, 0) is 4.74 Å². The normalized spacial score (nSPS) is 9.65. The van der Waals surface area contributed by atoms with Crippen molar-refractivity contribution in [2.45, 2.75) is 23.6 Å². The summed E-state index contributed by atoms with van der Waals surface area (Å²) in [5.41, 5.74) is 2.49. The first-order valence-corrected chi connectivity index (χ1v) is 9.35. The molecule has 0 aliphatic heterocycles. The van der Waals surface area contributed by atoms with Crippen LogP contribution in [0.1, 0.15) is 13.8 Å². The molecule has 0 saturated carbocycles. The molecule has 0 unspecified atom stereocenters. The first kappa shape index (κ1) is 19.6. The Kier molecular flexibility index (Phi) is 10.3. The van der Waals surface area contributed by atoms with Crippen LogP contribution in [0.5, 0.6) is 0 Å². The minimum atomic E-state index is 0.844. The van der Waals surface area contributed by atoms with Crippen LogP contribution < -0.4 is 0 Å². The minimum absolute atomic E-state index is 0.844. The van der Waals surface area contributed by atoms with E-state index in [2.05, 4.69) is 61.7 Å². The second-order valence-corrected chi connectivity index (χ2v) is 6.36. The van der Waals surface area contributed by atoms with Crippen molar-refractivity contribution in [1.29, 1.82) is 0 Å². The number of rotatable bonds is 7. The smallest absolute Gasteiger partial charge is 0.0437 e. The van der Waals surface area contributed by atoms with Gasteiger partial charge >= 0.3 is 0 Å². The zero-order chi connectivity index (χ0) is 16.9. The standard InChI is InChI=1S/C16H14S2.C4H10O/c1-3-17-15-11-7-5-9-13(15)14-10-6-8-12-16(14)18-4-2;1-3-5-4-2/h3-12H,1-2H2;3-4H2,1-2H3. The van der Waals surface area contributed by atoms with E-state index in [1.54, 1.807) is 23.5 Å². The molecule has 0 bridgehead atoms. The number of thioether (sulfide) groups is 2. The molecule has 0 aliphatic rings. The lowest BCUT2D eigenvalue weighted by molar-refractivity contribution is 0.162.